The second kappa shape index (κ2) is 3.69. The molecule has 1 saturated heterocycles. The minimum absolute atomic E-state index is 0.237. The molecule has 0 bridgehead atoms. The zero-order valence-corrected chi connectivity index (χ0v) is 6.84. The topological polar surface area (TPSA) is 58.4 Å². The number of piperazine rings is 1. The Labute approximate surface area is 66.7 Å². The van der Waals surface area contributed by atoms with Gasteiger partial charge in [-0.25, -0.2) is 0 Å². The molecule has 4 nitrogen and oxygen atoms in total. The van der Waals surface area contributed by atoms with E-state index in [1.807, 2.05) is 0 Å². The van der Waals surface area contributed by atoms with Crippen molar-refractivity contribution in [1.82, 2.24) is 10.2 Å². The van der Waals surface area contributed by atoms with Crippen molar-refractivity contribution < 1.29 is 4.79 Å². The summed E-state index contributed by atoms with van der Waals surface area (Å²) in [4.78, 5) is 12.6. The number of hydrogen-bond acceptors (Lipinski definition) is 3. The normalized spacial score (nSPS) is 26.8. The Balaban J connectivity index is 2.28. The van der Waals surface area contributed by atoms with E-state index in [0.717, 1.165) is 19.6 Å². The van der Waals surface area contributed by atoms with Crippen LogP contribution in [0.4, 0.5) is 0 Å². The molecular weight excluding hydrogens is 142 g/mol. The summed E-state index contributed by atoms with van der Waals surface area (Å²) in [5, 5.41) is 3.29. The molecule has 1 rings (SSSR count). The highest BCUT2D eigenvalue weighted by Crippen LogP contribution is 1.96. The number of nitrogens with zero attached hydrogens (tertiary/aromatic N) is 1. The Morgan fingerprint density at radius 2 is 2.55 bits per heavy atom. The molecule has 1 aliphatic heterocycles. The van der Waals surface area contributed by atoms with Gasteiger partial charge in [0.25, 0.3) is 0 Å². The zero-order valence-electron chi connectivity index (χ0n) is 6.84. The number of carbonyl (C=O) groups is 1. The molecule has 1 atom stereocenters. The lowest BCUT2D eigenvalue weighted by molar-refractivity contribution is -0.119. The third kappa shape index (κ3) is 2.86. The molecule has 0 aromatic heterocycles. The molecule has 0 spiro atoms. The van der Waals surface area contributed by atoms with Gasteiger partial charge in [-0.15, -0.1) is 0 Å². The van der Waals surface area contributed by atoms with Gasteiger partial charge in [0.15, 0.2) is 0 Å². The molecule has 1 fully saturated rings. The van der Waals surface area contributed by atoms with Gasteiger partial charge in [0.05, 0.1) is 6.54 Å². The largest absolute Gasteiger partial charge is 0.369 e. The number of amides is 1. The highest BCUT2D eigenvalue weighted by molar-refractivity contribution is 5.75. The smallest absolute Gasteiger partial charge is 0.231 e. The minimum atomic E-state index is -0.237. The van der Waals surface area contributed by atoms with E-state index in [0.29, 0.717) is 12.6 Å². The summed E-state index contributed by atoms with van der Waals surface area (Å²) in [6.45, 7) is 5.30. The summed E-state index contributed by atoms with van der Waals surface area (Å²) >= 11 is 0. The van der Waals surface area contributed by atoms with Crippen molar-refractivity contribution in [1.29, 1.82) is 0 Å². The molecule has 3 N–H and O–H groups in total. The fourth-order valence-electron chi connectivity index (χ4n) is 1.38. The third-order valence-electron chi connectivity index (χ3n) is 1.83. The maximum atomic E-state index is 10.5. The minimum Gasteiger partial charge on any atom is -0.369 e. The van der Waals surface area contributed by atoms with Gasteiger partial charge in [-0.3, -0.25) is 9.69 Å². The van der Waals surface area contributed by atoms with Crippen LogP contribution in [0.5, 0.6) is 0 Å². The first-order chi connectivity index (χ1) is 5.18. The van der Waals surface area contributed by atoms with Crippen molar-refractivity contribution in [2.24, 2.45) is 5.73 Å². The van der Waals surface area contributed by atoms with Crippen LogP contribution in [0.2, 0.25) is 0 Å². The van der Waals surface area contributed by atoms with Crippen molar-refractivity contribution in [3.63, 3.8) is 0 Å². The summed E-state index contributed by atoms with van der Waals surface area (Å²) in [6, 6.07) is 0.475. The Hall–Kier alpha value is -0.610. The molecule has 0 aliphatic carbocycles. The van der Waals surface area contributed by atoms with Crippen molar-refractivity contribution in [3.8, 4) is 0 Å². The van der Waals surface area contributed by atoms with Crippen LogP contribution in [0.15, 0.2) is 0 Å². The summed E-state index contributed by atoms with van der Waals surface area (Å²) in [6.07, 6.45) is 0. The number of nitrogens with two attached hydrogens (primary N) is 1. The summed E-state index contributed by atoms with van der Waals surface area (Å²) in [7, 11) is 0. The Morgan fingerprint density at radius 3 is 3.09 bits per heavy atom. The summed E-state index contributed by atoms with van der Waals surface area (Å²) in [5.41, 5.74) is 5.07. The fraction of sp³-hybridized carbons (Fsp3) is 0.857. The first-order valence-corrected chi connectivity index (χ1v) is 3.92. The average Bonchev–Trinajstić information content (AvgIpc) is 1.85. The van der Waals surface area contributed by atoms with Gasteiger partial charge in [-0.2, -0.15) is 0 Å². The van der Waals surface area contributed by atoms with Gasteiger partial charge >= 0.3 is 0 Å². The zero-order chi connectivity index (χ0) is 8.27. The van der Waals surface area contributed by atoms with E-state index in [1.165, 1.54) is 0 Å². The van der Waals surface area contributed by atoms with Gasteiger partial charge in [0, 0.05) is 25.7 Å². The van der Waals surface area contributed by atoms with Crippen molar-refractivity contribution >= 4 is 5.91 Å². The maximum Gasteiger partial charge on any atom is 0.231 e. The Kier molecular flexibility index (Phi) is 2.84. The highest BCUT2D eigenvalue weighted by Gasteiger charge is 2.16. The van der Waals surface area contributed by atoms with Gasteiger partial charge < -0.3 is 11.1 Å². The molecule has 1 heterocycles. The van der Waals surface area contributed by atoms with Crippen LogP contribution in [-0.4, -0.2) is 43.0 Å². The quantitative estimate of drug-likeness (QED) is 0.527. The predicted molar refractivity (Wildman–Crippen MR) is 43.1 cm³/mol. The number of primary amides is 1. The van der Waals surface area contributed by atoms with Crippen LogP contribution in [0, 0.1) is 0 Å². The van der Waals surface area contributed by atoms with E-state index in [2.05, 4.69) is 17.1 Å². The third-order valence-corrected chi connectivity index (χ3v) is 1.83. The van der Waals surface area contributed by atoms with Crippen molar-refractivity contribution in [2.75, 3.05) is 26.2 Å². The molecule has 0 aromatic carbocycles. The molecule has 0 aromatic rings. The van der Waals surface area contributed by atoms with E-state index in [4.69, 9.17) is 5.73 Å². The lowest BCUT2D eigenvalue weighted by Gasteiger charge is -2.30. The van der Waals surface area contributed by atoms with Crippen LogP contribution >= 0.6 is 0 Å². The molecule has 1 amide bonds. The van der Waals surface area contributed by atoms with E-state index in [-0.39, 0.29) is 5.91 Å². The summed E-state index contributed by atoms with van der Waals surface area (Å²) in [5.74, 6) is -0.237. The second-order valence-corrected chi connectivity index (χ2v) is 3.06. The van der Waals surface area contributed by atoms with Gasteiger partial charge in [0.1, 0.15) is 0 Å². The monoisotopic (exact) mass is 157 g/mol. The first kappa shape index (κ1) is 8.49. The second-order valence-electron chi connectivity index (χ2n) is 3.06. The van der Waals surface area contributed by atoms with Gasteiger partial charge in [-0.1, -0.05) is 0 Å². The maximum absolute atomic E-state index is 10.5. The van der Waals surface area contributed by atoms with Crippen LogP contribution in [-0.2, 0) is 4.79 Å². The van der Waals surface area contributed by atoms with Crippen molar-refractivity contribution in [3.05, 3.63) is 0 Å². The van der Waals surface area contributed by atoms with Crippen LogP contribution < -0.4 is 11.1 Å². The number of rotatable bonds is 2. The van der Waals surface area contributed by atoms with Crippen molar-refractivity contribution in [2.45, 2.75) is 13.0 Å². The van der Waals surface area contributed by atoms with Crippen LogP contribution in [0.1, 0.15) is 6.92 Å². The van der Waals surface area contributed by atoms with Crippen LogP contribution in [0.25, 0.3) is 0 Å². The Morgan fingerprint density at radius 1 is 1.82 bits per heavy atom. The van der Waals surface area contributed by atoms with Crippen LogP contribution in [0.3, 0.4) is 0 Å². The molecule has 1 aliphatic rings. The SMILES string of the molecule is C[C@@H]1CN(CC(N)=O)CCN1. The molecular formula is C7H15N3O. The molecule has 4 heteroatoms. The fourth-order valence-corrected chi connectivity index (χ4v) is 1.38. The number of hydrogen-bond donors (Lipinski definition) is 2. The summed E-state index contributed by atoms with van der Waals surface area (Å²) < 4.78 is 0. The van der Waals surface area contributed by atoms with Gasteiger partial charge in [-0.05, 0) is 6.92 Å². The van der Waals surface area contributed by atoms with E-state index < -0.39 is 0 Å². The van der Waals surface area contributed by atoms with Gasteiger partial charge in [0.2, 0.25) is 5.91 Å². The lowest BCUT2D eigenvalue weighted by Crippen LogP contribution is -2.51. The number of carbonyl (C=O) groups excluding carboxylic acids is 1. The molecule has 64 valence electrons. The standard InChI is InChI=1S/C7H15N3O/c1-6-4-10(3-2-9-6)5-7(8)11/h6,9H,2-5H2,1H3,(H2,8,11)/t6-/m1/s1. The lowest BCUT2D eigenvalue weighted by atomic mass is 10.2. The Bertz CT molecular complexity index is 149. The number of nitrogens with one attached hydrogen (secondary N) is 1. The first-order valence-electron chi connectivity index (χ1n) is 3.92. The molecule has 0 unspecified atom stereocenters. The predicted octanol–water partition coefficient (Wildman–Crippen LogP) is -1.23. The van der Waals surface area contributed by atoms with E-state index in [9.17, 15) is 4.79 Å². The average molecular weight is 157 g/mol. The van der Waals surface area contributed by atoms with E-state index in [1.54, 1.807) is 0 Å². The molecule has 0 radical (unpaired) electrons. The molecule has 0 saturated carbocycles. The highest BCUT2D eigenvalue weighted by atomic mass is 16.1. The van der Waals surface area contributed by atoms with E-state index >= 15 is 0 Å². The molecule has 11 heavy (non-hydrogen) atoms.